The summed E-state index contributed by atoms with van der Waals surface area (Å²) in [4.78, 5) is 11.0. The Bertz CT molecular complexity index is 410. The van der Waals surface area contributed by atoms with Gasteiger partial charge in [0.25, 0.3) is 0 Å². The second kappa shape index (κ2) is 6.24. The Morgan fingerprint density at radius 3 is 2.59 bits per heavy atom. The van der Waals surface area contributed by atoms with Crippen LogP contribution in [-0.4, -0.2) is 26.0 Å². The zero-order valence-corrected chi connectivity index (χ0v) is 9.32. The van der Waals surface area contributed by atoms with Gasteiger partial charge in [-0.2, -0.15) is 0 Å². The van der Waals surface area contributed by atoms with Gasteiger partial charge in [-0.1, -0.05) is 6.07 Å². The van der Waals surface area contributed by atoms with Crippen LogP contribution in [0.15, 0.2) is 12.1 Å². The van der Waals surface area contributed by atoms with E-state index in [9.17, 15) is 18.0 Å². The summed E-state index contributed by atoms with van der Waals surface area (Å²) in [5, 5.41) is 5.16. The Hall–Kier alpha value is -1.56. The van der Waals surface area contributed by atoms with Crippen molar-refractivity contribution in [2.75, 3.05) is 20.1 Å². The average Bonchev–Trinajstić information content (AvgIpc) is 2.29. The molecule has 94 valence electrons. The number of halogens is 3. The maximum atomic E-state index is 13.2. The SMILES string of the molecule is CNCC(=O)NCCc1ccc(F)c(F)c1F. The van der Waals surface area contributed by atoms with E-state index >= 15 is 0 Å². The molecule has 3 nitrogen and oxygen atoms in total. The number of carbonyl (C=O) groups is 1. The van der Waals surface area contributed by atoms with Gasteiger partial charge in [0, 0.05) is 6.54 Å². The first-order chi connectivity index (χ1) is 8.06. The van der Waals surface area contributed by atoms with Crippen LogP contribution in [0.25, 0.3) is 0 Å². The molecule has 1 aromatic rings. The molecule has 1 rings (SSSR count). The molecular formula is C11H13F3N2O. The summed E-state index contributed by atoms with van der Waals surface area (Å²) in [6.07, 6.45) is 0.110. The van der Waals surface area contributed by atoms with Crippen molar-refractivity contribution in [3.05, 3.63) is 35.1 Å². The minimum Gasteiger partial charge on any atom is -0.355 e. The third kappa shape index (κ3) is 3.74. The third-order valence-electron chi connectivity index (χ3n) is 2.17. The van der Waals surface area contributed by atoms with E-state index < -0.39 is 17.5 Å². The number of hydrogen-bond donors (Lipinski definition) is 2. The van der Waals surface area contributed by atoms with Gasteiger partial charge in [-0.25, -0.2) is 13.2 Å². The smallest absolute Gasteiger partial charge is 0.233 e. The number of amides is 1. The second-order valence-electron chi connectivity index (χ2n) is 3.46. The van der Waals surface area contributed by atoms with Gasteiger partial charge in [-0.3, -0.25) is 4.79 Å². The van der Waals surface area contributed by atoms with Crippen molar-refractivity contribution in [1.29, 1.82) is 0 Å². The summed E-state index contributed by atoms with van der Waals surface area (Å²) in [6.45, 7) is 0.322. The molecule has 1 amide bonds. The summed E-state index contributed by atoms with van der Waals surface area (Å²) >= 11 is 0. The summed E-state index contributed by atoms with van der Waals surface area (Å²) < 4.78 is 38.7. The molecule has 2 N–H and O–H groups in total. The van der Waals surface area contributed by atoms with Crippen molar-refractivity contribution in [2.24, 2.45) is 0 Å². The molecule has 1 aromatic carbocycles. The molecule has 0 saturated heterocycles. The lowest BCUT2D eigenvalue weighted by Gasteiger charge is -2.06. The van der Waals surface area contributed by atoms with Crippen molar-refractivity contribution >= 4 is 5.91 Å². The molecule has 0 radical (unpaired) electrons. The van der Waals surface area contributed by atoms with Crippen LogP contribution in [0.1, 0.15) is 5.56 Å². The normalized spacial score (nSPS) is 10.4. The molecule has 0 unspecified atom stereocenters. The minimum atomic E-state index is -1.48. The lowest BCUT2D eigenvalue weighted by atomic mass is 10.1. The summed E-state index contributed by atoms with van der Waals surface area (Å²) in [6, 6.07) is 2.03. The van der Waals surface area contributed by atoms with Crippen LogP contribution in [0.5, 0.6) is 0 Å². The standard InChI is InChI=1S/C11H13F3N2O/c1-15-6-9(17)16-5-4-7-2-3-8(12)11(14)10(7)13/h2-3,15H,4-6H2,1H3,(H,16,17). The van der Waals surface area contributed by atoms with Gasteiger partial charge >= 0.3 is 0 Å². The number of rotatable bonds is 5. The van der Waals surface area contributed by atoms with Crippen molar-refractivity contribution < 1.29 is 18.0 Å². The molecule has 0 spiro atoms. The van der Waals surface area contributed by atoms with E-state index in [1.54, 1.807) is 7.05 Å². The van der Waals surface area contributed by atoms with Crippen LogP contribution in [0.2, 0.25) is 0 Å². The molecule has 17 heavy (non-hydrogen) atoms. The number of benzene rings is 1. The van der Waals surface area contributed by atoms with E-state index in [0.29, 0.717) is 0 Å². The number of likely N-dealkylation sites (N-methyl/N-ethyl adjacent to an activating group) is 1. The molecule has 0 aliphatic heterocycles. The van der Waals surface area contributed by atoms with Gasteiger partial charge in [-0.15, -0.1) is 0 Å². The Kier molecular flexibility index (Phi) is 4.96. The molecule has 0 bridgehead atoms. The number of carbonyl (C=O) groups excluding carboxylic acids is 1. The quantitative estimate of drug-likeness (QED) is 0.760. The van der Waals surface area contributed by atoms with Crippen molar-refractivity contribution in [2.45, 2.75) is 6.42 Å². The predicted molar refractivity (Wildman–Crippen MR) is 57.0 cm³/mol. The van der Waals surface area contributed by atoms with Crippen molar-refractivity contribution in [1.82, 2.24) is 10.6 Å². The fraction of sp³-hybridized carbons (Fsp3) is 0.364. The van der Waals surface area contributed by atoms with E-state index in [2.05, 4.69) is 10.6 Å². The highest BCUT2D eigenvalue weighted by Gasteiger charge is 2.12. The Morgan fingerprint density at radius 2 is 1.94 bits per heavy atom. The molecule has 0 heterocycles. The molecule has 0 fully saturated rings. The summed E-state index contributed by atoms with van der Waals surface area (Å²) in [7, 11) is 1.62. The molecule has 0 aromatic heterocycles. The number of hydrogen-bond acceptors (Lipinski definition) is 2. The maximum Gasteiger partial charge on any atom is 0.233 e. The first-order valence-corrected chi connectivity index (χ1v) is 5.10. The Balaban J connectivity index is 2.53. The van der Waals surface area contributed by atoms with Crippen LogP contribution in [-0.2, 0) is 11.2 Å². The van der Waals surface area contributed by atoms with Crippen molar-refractivity contribution in [3.63, 3.8) is 0 Å². The van der Waals surface area contributed by atoms with E-state index in [1.165, 1.54) is 0 Å². The minimum absolute atomic E-state index is 0.0358. The van der Waals surface area contributed by atoms with Crippen LogP contribution in [0, 0.1) is 17.5 Å². The third-order valence-corrected chi connectivity index (χ3v) is 2.17. The highest BCUT2D eigenvalue weighted by Crippen LogP contribution is 2.15. The first kappa shape index (κ1) is 13.5. The monoisotopic (exact) mass is 246 g/mol. The highest BCUT2D eigenvalue weighted by atomic mass is 19.2. The Morgan fingerprint density at radius 1 is 1.24 bits per heavy atom. The van der Waals surface area contributed by atoms with Gasteiger partial charge < -0.3 is 10.6 Å². The van der Waals surface area contributed by atoms with E-state index in [-0.39, 0.29) is 31.0 Å². The van der Waals surface area contributed by atoms with Gasteiger partial charge in [0.15, 0.2) is 17.5 Å². The van der Waals surface area contributed by atoms with Gasteiger partial charge in [-0.05, 0) is 25.1 Å². The highest BCUT2D eigenvalue weighted by molar-refractivity contribution is 5.77. The maximum absolute atomic E-state index is 13.2. The summed E-state index contributed by atoms with van der Waals surface area (Å²) in [5.41, 5.74) is 0.0358. The number of nitrogens with one attached hydrogen (secondary N) is 2. The van der Waals surface area contributed by atoms with Crippen LogP contribution < -0.4 is 10.6 Å². The van der Waals surface area contributed by atoms with E-state index in [1.807, 2.05) is 0 Å². The zero-order chi connectivity index (χ0) is 12.8. The van der Waals surface area contributed by atoms with Gasteiger partial charge in [0.05, 0.1) is 6.54 Å². The van der Waals surface area contributed by atoms with Crippen LogP contribution >= 0.6 is 0 Å². The van der Waals surface area contributed by atoms with E-state index in [0.717, 1.165) is 12.1 Å². The molecule has 0 atom stereocenters. The average molecular weight is 246 g/mol. The first-order valence-electron chi connectivity index (χ1n) is 5.10. The zero-order valence-electron chi connectivity index (χ0n) is 9.32. The molecule has 0 saturated carbocycles. The largest absolute Gasteiger partial charge is 0.355 e. The fourth-order valence-corrected chi connectivity index (χ4v) is 1.32. The lowest BCUT2D eigenvalue weighted by Crippen LogP contribution is -2.33. The van der Waals surface area contributed by atoms with Gasteiger partial charge in [0.2, 0.25) is 5.91 Å². The fourth-order valence-electron chi connectivity index (χ4n) is 1.32. The van der Waals surface area contributed by atoms with E-state index in [4.69, 9.17) is 0 Å². The van der Waals surface area contributed by atoms with Crippen LogP contribution in [0.3, 0.4) is 0 Å². The Labute approximate surface area is 97.0 Å². The molecule has 0 aliphatic carbocycles. The second-order valence-corrected chi connectivity index (χ2v) is 3.46. The predicted octanol–water partition coefficient (Wildman–Crippen LogP) is 0.982. The molecule has 0 aliphatic rings. The van der Waals surface area contributed by atoms with Crippen molar-refractivity contribution in [3.8, 4) is 0 Å². The molecular weight excluding hydrogens is 233 g/mol. The molecule has 6 heteroatoms. The topological polar surface area (TPSA) is 41.1 Å². The lowest BCUT2D eigenvalue weighted by molar-refractivity contribution is -0.120. The van der Waals surface area contributed by atoms with Crippen LogP contribution in [0.4, 0.5) is 13.2 Å². The summed E-state index contributed by atoms with van der Waals surface area (Å²) in [5.74, 6) is -4.14. The van der Waals surface area contributed by atoms with Gasteiger partial charge in [0.1, 0.15) is 0 Å².